The van der Waals surface area contributed by atoms with E-state index in [1.54, 1.807) is 14.2 Å². The molecule has 0 spiro atoms. The third kappa shape index (κ3) is 1.45. The minimum Gasteiger partial charge on any atom is -0.397 e. The first kappa shape index (κ1) is 12.2. The average Bonchev–Trinajstić information content (AvgIpc) is 2.10. The molecule has 1 saturated heterocycles. The van der Waals surface area contributed by atoms with Crippen LogP contribution >= 0.6 is 0 Å². The molecule has 84 valence electrons. The number of hydrogen-bond donors (Lipinski definition) is 0. The van der Waals surface area contributed by atoms with E-state index >= 15 is 0 Å². The number of ether oxygens (including phenoxy) is 1. The summed E-state index contributed by atoms with van der Waals surface area (Å²) in [6.07, 6.45) is 1.08. The van der Waals surface area contributed by atoms with Crippen molar-refractivity contribution in [3.63, 3.8) is 0 Å². The highest BCUT2D eigenvalue weighted by molar-refractivity contribution is 6.72. The van der Waals surface area contributed by atoms with Crippen molar-refractivity contribution < 1.29 is 13.6 Å². The Morgan fingerprint density at radius 1 is 1.29 bits per heavy atom. The minimum absolute atomic E-state index is 0.171. The first-order valence-electron chi connectivity index (χ1n) is 5.26. The van der Waals surface area contributed by atoms with Gasteiger partial charge in [-0.25, -0.2) is 0 Å². The lowest BCUT2D eigenvalue weighted by atomic mass is 10.0. The van der Waals surface area contributed by atoms with Crippen LogP contribution in [-0.4, -0.2) is 36.0 Å². The zero-order valence-corrected chi connectivity index (χ0v) is 10.9. The molecular formula is C10H22O3Si. The van der Waals surface area contributed by atoms with Gasteiger partial charge >= 0.3 is 8.56 Å². The van der Waals surface area contributed by atoms with E-state index in [1.165, 1.54) is 0 Å². The van der Waals surface area contributed by atoms with Gasteiger partial charge in [-0.3, -0.25) is 0 Å². The van der Waals surface area contributed by atoms with Gasteiger partial charge < -0.3 is 13.6 Å². The van der Waals surface area contributed by atoms with Crippen LogP contribution in [0.15, 0.2) is 0 Å². The lowest BCUT2D eigenvalue weighted by Gasteiger charge is -2.52. The van der Waals surface area contributed by atoms with E-state index in [0.29, 0.717) is 5.54 Å². The third-order valence-corrected chi connectivity index (χ3v) is 8.39. The van der Waals surface area contributed by atoms with Gasteiger partial charge in [0.25, 0.3) is 0 Å². The predicted octanol–water partition coefficient (Wildman–Crippen LogP) is 2.31. The van der Waals surface area contributed by atoms with E-state index in [4.69, 9.17) is 13.6 Å². The summed E-state index contributed by atoms with van der Waals surface area (Å²) in [6, 6.07) is 0. The van der Waals surface area contributed by atoms with Crippen molar-refractivity contribution in [1.82, 2.24) is 0 Å². The topological polar surface area (TPSA) is 27.7 Å². The van der Waals surface area contributed by atoms with E-state index in [0.717, 1.165) is 19.6 Å². The maximum absolute atomic E-state index is 5.78. The van der Waals surface area contributed by atoms with Crippen LogP contribution in [0.25, 0.3) is 0 Å². The first-order chi connectivity index (χ1) is 6.58. The Hall–Kier alpha value is 0.0969. The van der Waals surface area contributed by atoms with Crippen LogP contribution in [0, 0.1) is 0 Å². The Balaban J connectivity index is 2.95. The highest BCUT2D eigenvalue weighted by Crippen LogP contribution is 2.52. The number of rotatable bonds is 5. The van der Waals surface area contributed by atoms with Crippen molar-refractivity contribution in [3.8, 4) is 0 Å². The van der Waals surface area contributed by atoms with Crippen LogP contribution in [0.2, 0.25) is 10.6 Å². The van der Waals surface area contributed by atoms with Gasteiger partial charge in [0.05, 0.1) is 18.3 Å². The molecule has 1 fully saturated rings. The Morgan fingerprint density at radius 3 is 1.86 bits per heavy atom. The summed E-state index contributed by atoms with van der Waals surface area (Å²) in [7, 11) is 1.45. The summed E-state index contributed by atoms with van der Waals surface area (Å²) in [4.78, 5) is 0. The molecule has 1 heterocycles. The molecule has 3 nitrogen and oxygen atoms in total. The zero-order valence-electron chi connectivity index (χ0n) is 9.92. The summed E-state index contributed by atoms with van der Waals surface area (Å²) in [5, 5.41) is 0.171. The van der Waals surface area contributed by atoms with Gasteiger partial charge in [0.1, 0.15) is 0 Å². The lowest BCUT2D eigenvalue weighted by molar-refractivity contribution is -0.0501. The molecule has 14 heavy (non-hydrogen) atoms. The molecular weight excluding hydrogens is 196 g/mol. The summed E-state index contributed by atoms with van der Waals surface area (Å²) in [5.74, 6) is 0. The minimum atomic E-state index is -2.11. The quantitative estimate of drug-likeness (QED) is 0.663. The van der Waals surface area contributed by atoms with E-state index < -0.39 is 8.56 Å². The van der Waals surface area contributed by atoms with Crippen molar-refractivity contribution in [3.05, 3.63) is 0 Å². The van der Waals surface area contributed by atoms with Gasteiger partial charge in [0.15, 0.2) is 0 Å². The second-order valence-electron chi connectivity index (χ2n) is 4.36. The van der Waals surface area contributed by atoms with Crippen LogP contribution < -0.4 is 0 Å². The SMILES string of the molecule is CCC1([Si](OC)(OC)C(C)C)COC1. The Bertz CT molecular complexity index is 180. The molecule has 0 amide bonds. The van der Waals surface area contributed by atoms with E-state index in [-0.39, 0.29) is 5.04 Å². The van der Waals surface area contributed by atoms with Crippen molar-refractivity contribution in [1.29, 1.82) is 0 Å². The summed E-state index contributed by atoms with van der Waals surface area (Å²) < 4.78 is 16.9. The third-order valence-electron chi connectivity index (χ3n) is 3.54. The molecule has 1 rings (SSSR count). The van der Waals surface area contributed by atoms with Gasteiger partial charge in [-0.15, -0.1) is 0 Å². The Kier molecular flexibility index (Phi) is 3.74. The molecule has 0 aliphatic carbocycles. The second kappa shape index (κ2) is 4.31. The fourth-order valence-electron chi connectivity index (χ4n) is 2.60. The second-order valence-corrected chi connectivity index (χ2v) is 8.72. The highest BCUT2D eigenvalue weighted by Gasteiger charge is 2.61. The van der Waals surface area contributed by atoms with Crippen molar-refractivity contribution in [2.75, 3.05) is 27.4 Å². The van der Waals surface area contributed by atoms with Gasteiger partial charge in [-0.2, -0.15) is 0 Å². The zero-order chi connectivity index (χ0) is 10.8. The van der Waals surface area contributed by atoms with E-state index in [1.807, 2.05) is 0 Å². The Morgan fingerprint density at radius 2 is 1.79 bits per heavy atom. The fraction of sp³-hybridized carbons (Fsp3) is 1.00. The van der Waals surface area contributed by atoms with Crippen molar-refractivity contribution in [2.24, 2.45) is 0 Å². The van der Waals surface area contributed by atoms with Crippen LogP contribution in [0.1, 0.15) is 27.2 Å². The summed E-state index contributed by atoms with van der Waals surface area (Å²) >= 11 is 0. The molecule has 0 aromatic heterocycles. The fourth-order valence-corrected chi connectivity index (χ4v) is 6.90. The van der Waals surface area contributed by atoms with E-state index in [2.05, 4.69) is 20.8 Å². The molecule has 0 aromatic rings. The van der Waals surface area contributed by atoms with Crippen LogP contribution in [0.3, 0.4) is 0 Å². The van der Waals surface area contributed by atoms with Crippen molar-refractivity contribution in [2.45, 2.75) is 37.8 Å². The van der Waals surface area contributed by atoms with Gasteiger partial charge in [0.2, 0.25) is 0 Å². The molecule has 0 radical (unpaired) electrons. The maximum Gasteiger partial charge on any atom is 0.351 e. The van der Waals surface area contributed by atoms with Crippen LogP contribution in [0.5, 0.6) is 0 Å². The summed E-state index contributed by atoms with van der Waals surface area (Å²) in [6.45, 7) is 8.18. The maximum atomic E-state index is 5.78. The van der Waals surface area contributed by atoms with E-state index in [9.17, 15) is 0 Å². The number of hydrogen-bond acceptors (Lipinski definition) is 3. The largest absolute Gasteiger partial charge is 0.397 e. The smallest absolute Gasteiger partial charge is 0.351 e. The molecule has 0 unspecified atom stereocenters. The summed E-state index contributed by atoms with van der Waals surface area (Å²) in [5.41, 5.74) is 0.460. The van der Waals surface area contributed by atoms with Gasteiger partial charge in [-0.1, -0.05) is 20.8 Å². The standard InChI is InChI=1S/C10H22O3Si/c1-6-10(7-13-8-10)14(11-4,12-5)9(2)3/h9H,6-8H2,1-5H3. The molecule has 0 aromatic carbocycles. The molecule has 1 aliphatic rings. The Labute approximate surface area is 88.0 Å². The lowest BCUT2D eigenvalue weighted by Crippen LogP contribution is -2.62. The van der Waals surface area contributed by atoms with Gasteiger partial charge in [0, 0.05) is 14.2 Å². The van der Waals surface area contributed by atoms with Crippen LogP contribution in [-0.2, 0) is 13.6 Å². The first-order valence-corrected chi connectivity index (χ1v) is 7.16. The molecule has 0 atom stereocenters. The van der Waals surface area contributed by atoms with Crippen LogP contribution in [0.4, 0.5) is 0 Å². The predicted molar refractivity (Wildman–Crippen MR) is 58.7 cm³/mol. The molecule has 0 saturated carbocycles. The molecule has 0 bridgehead atoms. The average molecular weight is 218 g/mol. The van der Waals surface area contributed by atoms with Crippen molar-refractivity contribution >= 4 is 8.56 Å². The highest BCUT2D eigenvalue weighted by atomic mass is 28.4. The monoisotopic (exact) mass is 218 g/mol. The molecule has 1 aliphatic heterocycles. The normalized spacial score (nSPS) is 21.0. The molecule has 0 N–H and O–H groups in total. The van der Waals surface area contributed by atoms with Gasteiger partial charge in [-0.05, 0) is 12.0 Å². The molecule has 4 heteroatoms.